The Labute approximate surface area is 98.0 Å². The SMILES string of the molecule is Cc1cc(Br)ccc1OC(=S)N(C)C. The first-order valence-corrected chi connectivity index (χ1v) is 5.36. The van der Waals surface area contributed by atoms with Gasteiger partial charge in [-0.2, -0.15) is 0 Å². The fourth-order valence-corrected chi connectivity index (χ4v) is 1.48. The van der Waals surface area contributed by atoms with E-state index < -0.39 is 0 Å². The summed E-state index contributed by atoms with van der Waals surface area (Å²) >= 11 is 8.44. The summed E-state index contributed by atoms with van der Waals surface area (Å²) in [5, 5.41) is 0.468. The lowest BCUT2D eigenvalue weighted by Crippen LogP contribution is -2.25. The Morgan fingerprint density at radius 3 is 2.57 bits per heavy atom. The Hall–Kier alpha value is -0.610. The third-order valence-electron chi connectivity index (χ3n) is 1.70. The molecule has 0 aliphatic heterocycles. The molecule has 0 atom stereocenters. The molecule has 0 heterocycles. The number of benzene rings is 1. The van der Waals surface area contributed by atoms with Crippen LogP contribution in [0, 0.1) is 6.92 Å². The second-order valence-electron chi connectivity index (χ2n) is 3.17. The van der Waals surface area contributed by atoms with Crippen molar-refractivity contribution in [3.8, 4) is 5.75 Å². The third kappa shape index (κ3) is 2.96. The average molecular weight is 274 g/mol. The molecule has 0 saturated heterocycles. The minimum Gasteiger partial charge on any atom is -0.432 e. The predicted molar refractivity (Wildman–Crippen MR) is 65.8 cm³/mol. The zero-order valence-electron chi connectivity index (χ0n) is 8.37. The van der Waals surface area contributed by atoms with Crippen LogP contribution in [0.1, 0.15) is 5.56 Å². The molecule has 0 saturated carbocycles. The van der Waals surface area contributed by atoms with Gasteiger partial charge in [0.2, 0.25) is 0 Å². The molecule has 0 N–H and O–H groups in total. The highest BCUT2D eigenvalue weighted by Crippen LogP contribution is 2.22. The van der Waals surface area contributed by atoms with Gasteiger partial charge < -0.3 is 9.64 Å². The lowest BCUT2D eigenvalue weighted by molar-refractivity contribution is 0.447. The van der Waals surface area contributed by atoms with Gasteiger partial charge in [-0.25, -0.2) is 0 Å². The molecule has 0 radical (unpaired) electrons. The van der Waals surface area contributed by atoms with E-state index in [1.807, 2.05) is 39.2 Å². The van der Waals surface area contributed by atoms with Gasteiger partial charge in [0.05, 0.1) is 0 Å². The number of aryl methyl sites for hydroxylation is 1. The molecule has 0 aromatic heterocycles. The van der Waals surface area contributed by atoms with Crippen LogP contribution in [0.4, 0.5) is 0 Å². The number of hydrogen-bond acceptors (Lipinski definition) is 2. The Balaban J connectivity index is 2.82. The summed E-state index contributed by atoms with van der Waals surface area (Å²) in [6.45, 7) is 1.98. The molecule has 0 aliphatic carbocycles. The predicted octanol–water partition coefficient (Wildman–Crippen LogP) is 2.98. The van der Waals surface area contributed by atoms with E-state index in [1.165, 1.54) is 0 Å². The zero-order valence-corrected chi connectivity index (χ0v) is 10.8. The van der Waals surface area contributed by atoms with E-state index in [2.05, 4.69) is 15.9 Å². The molecule has 0 aliphatic rings. The van der Waals surface area contributed by atoms with Gasteiger partial charge in [0, 0.05) is 18.6 Å². The standard InChI is InChI=1S/C10H12BrNOS/c1-7-6-8(11)4-5-9(7)13-10(14)12(2)3/h4-6H,1-3H3. The van der Waals surface area contributed by atoms with Crippen molar-refractivity contribution in [2.24, 2.45) is 0 Å². The number of halogens is 1. The molecule has 0 unspecified atom stereocenters. The van der Waals surface area contributed by atoms with Gasteiger partial charge in [0.1, 0.15) is 5.75 Å². The first-order valence-electron chi connectivity index (χ1n) is 4.16. The molecule has 0 fully saturated rings. The Morgan fingerprint density at radius 2 is 2.07 bits per heavy atom. The summed E-state index contributed by atoms with van der Waals surface area (Å²) in [6, 6.07) is 5.82. The van der Waals surface area contributed by atoms with Crippen LogP contribution in [0.3, 0.4) is 0 Å². The van der Waals surface area contributed by atoms with Crippen molar-refractivity contribution in [3.63, 3.8) is 0 Å². The summed E-state index contributed by atoms with van der Waals surface area (Å²) in [6.07, 6.45) is 0. The monoisotopic (exact) mass is 273 g/mol. The van der Waals surface area contributed by atoms with E-state index in [1.54, 1.807) is 4.90 Å². The molecule has 1 rings (SSSR count). The molecule has 4 heteroatoms. The molecule has 0 amide bonds. The van der Waals surface area contributed by atoms with Crippen molar-refractivity contribution in [3.05, 3.63) is 28.2 Å². The number of rotatable bonds is 1. The van der Waals surface area contributed by atoms with Crippen LogP contribution in [0.2, 0.25) is 0 Å². The van der Waals surface area contributed by atoms with E-state index in [0.717, 1.165) is 15.8 Å². The summed E-state index contributed by atoms with van der Waals surface area (Å²) in [5.74, 6) is 0.798. The Morgan fingerprint density at radius 1 is 1.43 bits per heavy atom. The molecular formula is C10H12BrNOS. The largest absolute Gasteiger partial charge is 0.432 e. The number of hydrogen-bond donors (Lipinski definition) is 0. The second-order valence-corrected chi connectivity index (χ2v) is 4.44. The number of nitrogens with zero attached hydrogens (tertiary/aromatic N) is 1. The fraction of sp³-hybridized carbons (Fsp3) is 0.300. The second kappa shape index (κ2) is 4.75. The van der Waals surface area contributed by atoms with Crippen molar-refractivity contribution in [2.75, 3.05) is 14.1 Å². The van der Waals surface area contributed by atoms with Gasteiger partial charge in [-0.1, -0.05) is 15.9 Å². The van der Waals surface area contributed by atoms with Crippen LogP contribution in [0.5, 0.6) is 5.75 Å². The molecular weight excluding hydrogens is 262 g/mol. The molecule has 2 nitrogen and oxygen atoms in total. The average Bonchev–Trinajstić information content (AvgIpc) is 2.09. The van der Waals surface area contributed by atoms with Gasteiger partial charge in [-0.3, -0.25) is 0 Å². The van der Waals surface area contributed by atoms with Crippen LogP contribution in [-0.4, -0.2) is 24.2 Å². The zero-order chi connectivity index (χ0) is 10.7. The van der Waals surface area contributed by atoms with Crippen molar-refractivity contribution in [2.45, 2.75) is 6.92 Å². The van der Waals surface area contributed by atoms with Crippen molar-refractivity contribution in [1.29, 1.82) is 0 Å². The van der Waals surface area contributed by atoms with E-state index in [0.29, 0.717) is 5.17 Å². The van der Waals surface area contributed by atoms with Crippen LogP contribution >= 0.6 is 28.1 Å². The van der Waals surface area contributed by atoms with Crippen molar-refractivity contribution in [1.82, 2.24) is 4.90 Å². The van der Waals surface area contributed by atoms with Crippen molar-refractivity contribution >= 4 is 33.3 Å². The number of thiocarbonyl (C=S) groups is 1. The van der Waals surface area contributed by atoms with E-state index in [4.69, 9.17) is 17.0 Å². The summed E-state index contributed by atoms with van der Waals surface area (Å²) in [5.41, 5.74) is 1.06. The summed E-state index contributed by atoms with van der Waals surface area (Å²) in [7, 11) is 3.72. The highest BCUT2D eigenvalue weighted by molar-refractivity contribution is 9.10. The van der Waals surface area contributed by atoms with Gasteiger partial charge in [0.15, 0.2) is 0 Å². The minimum atomic E-state index is 0.468. The normalized spacial score (nSPS) is 9.71. The maximum Gasteiger partial charge on any atom is 0.264 e. The highest BCUT2D eigenvalue weighted by Gasteiger charge is 2.05. The third-order valence-corrected chi connectivity index (χ3v) is 2.64. The van der Waals surface area contributed by atoms with E-state index in [9.17, 15) is 0 Å². The van der Waals surface area contributed by atoms with Gasteiger partial charge >= 0.3 is 0 Å². The van der Waals surface area contributed by atoms with Crippen LogP contribution in [0.15, 0.2) is 22.7 Å². The molecule has 14 heavy (non-hydrogen) atoms. The highest BCUT2D eigenvalue weighted by atomic mass is 79.9. The number of ether oxygens (including phenoxy) is 1. The first-order chi connectivity index (χ1) is 6.50. The molecule has 0 bridgehead atoms. The Bertz CT molecular complexity index is 352. The summed E-state index contributed by atoms with van der Waals surface area (Å²) < 4.78 is 6.54. The smallest absolute Gasteiger partial charge is 0.264 e. The van der Waals surface area contributed by atoms with Gasteiger partial charge in [-0.05, 0) is 42.9 Å². The summed E-state index contributed by atoms with van der Waals surface area (Å²) in [4.78, 5) is 1.76. The van der Waals surface area contributed by atoms with Crippen LogP contribution in [0.25, 0.3) is 0 Å². The molecule has 1 aromatic carbocycles. The molecule has 1 aromatic rings. The Kier molecular flexibility index (Phi) is 3.89. The van der Waals surface area contributed by atoms with Crippen LogP contribution in [-0.2, 0) is 0 Å². The van der Waals surface area contributed by atoms with Gasteiger partial charge in [0.25, 0.3) is 5.17 Å². The van der Waals surface area contributed by atoms with E-state index >= 15 is 0 Å². The molecule has 0 spiro atoms. The first kappa shape index (κ1) is 11.5. The minimum absolute atomic E-state index is 0.468. The quantitative estimate of drug-likeness (QED) is 0.730. The lowest BCUT2D eigenvalue weighted by Gasteiger charge is -2.15. The maximum absolute atomic E-state index is 5.50. The van der Waals surface area contributed by atoms with Crippen molar-refractivity contribution < 1.29 is 4.74 Å². The van der Waals surface area contributed by atoms with Gasteiger partial charge in [-0.15, -0.1) is 0 Å². The van der Waals surface area contributed by atoms with E-state index in [-0.39, 0.29) is 0 Å². The molecule has 76 valence electrons. The fourth-order valence-electron chi connectivity index (χ4n) is 0.913. The van der Waals surface area contributed by atoms with Crippen LogP contribution < -0.4 is 4.74 Å². The maximum atomic E-state index is 5.50. The lowest BCUT2D eigenvalue weighted by atomic mass is 10.2. The topological polar surface area (TPSA) is 12.5 Å².